The van der Waals surface area contributed by atoms with Crippen molar-refractivity contribution in [3.05, 3.63) is 60.2 Å². The Balaban J connectivity index is 1.93. The van der Waals surface area contributed by atoms with Crippen LogP contribution in [0.2, 0.25) is 0 Å². The quantitative estimate of drug-likeness (QED) is 0.645. The number of rotatable bonds is 7. The Hall–Kier alpha value is -2.60. The van der Waals surface area contributed by atoms with Gasteiger partial charge in [0.15, 0.2) is 11.0 Å². The highest BCUT2D eigenvalue weighted by Gasteiger charge is 2.17. The van der Waals surface area contributed by atoms with Gasteiger partial charge in [-0.2, -0.15) is 0 Å². The van der Waals surface area contributed by atoms with E-state index in [-0.39, 0.29) is 5.91 Å². The Bertz CT molecular complexity index is 859. The molecule has 0 bridgehead atoms. The van der Waals surface area contributed by atoms with Crippen LogP contribution in [0, 0.1) is 6.92 Å². The minimum Gasteiger partial charge on any atom is -0.355 e. The van der Waals surface area contributed by atoms with E-state index in [1.54, 1.807) is 0 Å². The summed E-state index contributed by atoms with van der Waals surface area (Å²) in [6.07, 6.45) is 0.925. The van der Waals surface area contributed by atoms with E-state index in [9.17, 15) is 4.79 Å². The van der Waals surface area contributed by atoms with E-state index in [0.717, 1.165) is 23.5 Å². The van der Waals surface area contributed by atoms with Crippen molar-refractivity contribution in [2.45, 2.75) is 25.4 Å². The van der Waals surface area contributed by atoms with Crippen LogP contribution in [0.5, 0.6) is 0 Å². The first-order chi connectivity index (χ1) is 12.7. The minimum absolute atomic E-state index is 0.0107. The topological polar surface area (TPSA) is 59.8 Å². The van der Waals surface area contributed by atoms with Crippen molar-refractivity contribution in [3.8, 4) is 17.1 Å². The highest BCUT2D eigenvalue weighted by molar-refractivity contribution is 7.99. The second kappa shape index (κ2) is 8.67. The number of nitrogens with zero attached hydrogens (tertiary/aromatic N) is 3. The first kappa shape index (κ1) is 18.2. The maximum Gasteiger partial charge on any atom is 0.230 e. The molecule has 0 radical (unpaired) electrons. The molecule has 0 saturated heterocycles. The average Bonchev–Trinajstić information content (AvgIpc) is 3.10. The van der Waals surface area contributed by atoms with Crippen molar-refractivity contribution in [2.75, 3.05) is 12.3 Å². The number of hydrogen-bond donors (Lipinski definition) is 1. The van der Waals surface area contributed by atoms with Crippen molar-refractivity contribution in [2.24, 2.45) is 0 Å². The lowest BCUT2D eigenvalue weighted by Crippen LogP contribution is -2.25. The van der Waals surface area contributed by atoms with Crippen LogP contribution in [0.4, 0.5) is 0 Å². The molecule has 2 aromatic carbocycles. The Morgan fingerprint density at radius 3 is 2.50 bits per heavy atom. The number of thioether (sulfide) groups is 1. The van der Waals surface area contributed by atoms with Gasteiger partial charge in [-0.3, -0.25) is 9.36 Å². The molecule has 1 heterocycles. The fourth-order valence-electron chi connectivity index (χ4n) is 2.51. The molecule has 0 aliphatic heterocycles. The third kappa shape index (κ3) is 4.32. The Morgan fingerprint density at radius 1 is 1.08 bits per heavy atom. The van der Waals surface area contributed by atoms with E-state index in [0.29, 0.717) is 17.5 Å². The van der Waals surface area contributed by atoms with Crippen LogP contribution in [-0.2, 0) is 4.79 Å². The monoisotopic (exact) mass is 366 g/mol. The van der Waals surface area contributed by atoms with Crippen molar-refractivity contribution in [3.63, 3.8) is 0 Å². The van der Waals surface area contributed by atoms with Crippen molar-refractivity contribution in [1.29, 1.82) is 0 Å². The van der Waals surface area contributed by atoms with Gasteiger partial charge < -0.3 is 5.32 Å². The lowest BCUT2D eigenvalue weighted by Gasteiger charge is -2.11. The van der Waals surface area contributed by atoms with E-state index < -0.39 is 0 Å². The van der Waals surface area contributed by atoms with E-state index >= 15 is 0 Å². The summed E-state index contributed by atoms with van der Waals surface area (Å²) in [6, 6.07) is 18.2. The summed E-state index contributed by atoms with van der Waals surface area (Å²) in [5.41, 5.74) is 3.16. The zero-order valence-electron chi connectivity index (χ0n) is 15.0. The van der Waals surface area contributed by atoms with Crippen LogP contribution in [0.1, 0.15) is 18.9 Å². The number of benzene rings is 2. The van der Waals surface area contributed by atoms with Crippen LogP contribution in [0.3, 0.4) is 0 Å². The molecule has 0 spiro atoms. The van der Waals surface area contributed by atoms with Crippen LogP contribution < -0.4 is 5.32 Å². The second-order valence-corrected chi connectivity index (χ2v) is 6.92. The van der Waals surface area contributed by atoms with Gasteiger partial charge in [-0.25, -0.2) is 0 Å². The molecule has 134 valence electrons. The fourth-order valence-corrected chi connectivity index (χ4v) is 3.29. The normalized spacial score (nSPS) is 10.7. The molecule has 0 unspecified atom stereocenters. The van der Waals surface area contributed by atoms with Crippen molar-refractivity contribution in [1.82, 2.24) is 20.1 Å². The standard InChI is InChI=1S/C20H22N4OS/c1-3-13-21-18(25)14-26-20-23-22-19(16-7-5-4-6-8-16)24(20)17-11-9-15(2)10-12-17/h4-12H,3,13-14H2,1-2H3,(H,21,25). The average molecular weight is 366 g/mol. The predicted octanol–water partition coefficient (Wildman–Crippen LogP) is 3.86. The lowest BCUT2D eigenvalue weighted by atomic mass is 10.2. The van der Waals surface area contributed by atoms with Crippen LogP contribution >= 0.6 is 11.8 Å². The maximum atomic E-state index is 12.0. The van der Waals surface area contributed by atoms with Crippen LogP contribution in [0.15, 0.2) is 59.8 Å². The fraction of sp³-hybridized carbons (Fsp3) is 0.250. The molecule has 26 heavy (non-hydrogen) atoms. The maximum absolute atomic E-state index is 12.0. The molecule has 1 amide bonds. The van der Waals surface area contributed by atoms with E-state index in [2.05, 4.69) is 34.6 Å². The molecule has 0 fully saturated rings. The summed E-state index contributed by atoms with van der Waals surface area (Å²) < 4.78 is 2.01. The van der Waals surface area contributed by atoms with Gasteiger partial charge in [0.05, 0.1) is 5.75 Å². The van der Waals surface area contributed by atoms with Crippen LogP contribution in [-0.4, -0.2) is 33.0 Å². The van der Waals surface area contributed by atoms with Gasteiger partial charge in [0.1, 0.15) is 0 Å². The third-order valence-electron chi connectivity index (χ3n) is 3.86. The summed E-state index contributed by atoms with van der Waals surface area (Å²) in [5, 5.41) is 12.3. The van der Waals surface area contributed by atoms with Gasteiger partial charge in [-0.05, 0) is 25.5 Å². The molecule has 0 atom stereocenters. The number of carbonyl (C=O) groups excluding carboxylic acids is 1. The van der Waals surface area contributed by atoms with E-state index in [1.807, 2.05) is 54.0 Å². The molecule has 6 heteroatoms. The van der Waals surface area contributed by atoms with Crippen LogP contribution in [0.25, 0.3) is 17.1 Å². The van der Waals surface area contributed by atoms with Gasteiger partial charge in [-0.15, -0.1) is 10.2 Å². The zero-order valence-corrected chi connectivity index (χ0v) is 15.8. The SMILES string of the molecule is CCCNC(=O)CSc1nnc(-c2ccccc2)n1-c1ccc(C)cc1. The van der Waals surface area contributed by atoms with Crippen molar-refractivity contribution >= 4 is 17.7 Å². The van der Waals surface area contributed by atoms with Gasteiger partial charge in [0.25, 0.3) is 0 Å². The third-order valence-corrected chi connectivity index (χ3v) is 4.79. The number of aromatic nitrogens is 3. The second-order valence-electron chi connectivity index (χ2n) is 5.98. The van der Waals surface area contributed by atoms with Gasteiger partial charge in [0.2, 0.25) is 5.91 Å². The lowest BCUT2D eigenvalue weighted by molar-refractivity contribution is -0.118. The highest BCUT2D eigenvalue weighted by Crippen LogP contribution is 2.27. The summed E-state index contributed by atoms with van der Waals surface area (Å²) >= 11 is 1.40. The number of carbonyl (C=O) groups is 1. The molecule has 0 aliphatic rings. The molecule has 3 aromatic rings. The number of aryl methyl sites for hydroxylation is 1. The summed E-state index contributed by atoms with van der Waals surface area (Å²) in [6.45, 7) is 4.79. The molecule has 5 nitrogen and oxygen atoms in total. The molecule has 0 saturated carbocycles. The molecule has 1 N–H and O–H groups in total. The number of hydrogen-bond acceptors (Lipinski definition) is 4. The van der Waals surface area contributed by atoms with Gasteiger partial charge >= 0.3 is 0 Å². The molecule has 3 rings (SSSR count). The molecular formula is C20H22N4OS. The zero-order chi connectivity index (χ0) is 18.4. The van der Waals surface area contributed by atoms with Gasteiger partial charge in [0, 0.05) is 17.8 Å². The minimum atomic E-state index is 0.0107. The summed E-state index contributed by atoms with van der Waals surface area (Å²) in [7, 11) is 0. The molecular weight excluding hydrogens is 344 g/mol. The molecule has 1 aromatic heterocycles. The molecule has 0 aliphatic carbocycles. The smallest absolute Gasteiger partial charge is 0.230 e. The van der Waals surface area contributed by atoms with Crippen molar-refractivity contribution < 1.29 is 4.79 Å². The van der Waals surface area contributed by atoms with E-state index in [1.165, 1.54) is 17.3 Å². The Morgan fingerprint density at radius 2 is 1.81 bits per heavy atom. The van der Waals surface area contributed by atoms with Gasteiger partial charge in [-0.1, -0.05) is 66.7 Å². The van der Waals surface area contributed by atoms with E-state index in [4.69, 9.17) is 0 Å². The Kier molecular flexibility index (Phi) is 6.07. The summed E-state index contributed by atoms with van der Waals surface area (Å²) in [4.78, 5) is 12.0. The highest BCUT2D eigenvalue weighted by atomic mass is 32.2. The largest absolute Gasteiger partial charge is 0.355 e. The summed E-state index contributed by atoms with van der Waals surface area (Å²) in [5.74, 6) is 1.10. The first-order valence-corrected chi connectivity index (χ1v) is 9.65. The predicted molar refractivity (Wildman–Crippen MR) is 106 cm³/mol. The first-order valence-electron chi connectivity index (χ1n) is 8.66. The number of nitrogens with one attached hydrogen (secondary N) is 1. The Labute approximate surface area is 157 Å². The number of amides is 1.